The van der Waals surface area contributed by atoms with Crippen molar-refractivity contribution in [3.8, 4) is 11.5 Å². The van der Waals surface area contributed by atoms with Gasteiger partial charge in [-0.25, -0.2) is 0 Å². The summed E-state index contributed by atoms with van der Waals surface area (Å²) in [6.07, 6.45) is 7.67. The van der Waals surface area contributed by atoms with Gasteiger partial charge in [0.25, 0.3) is 0 Å². The summed E-state index contributed by atoms with van der Waals surface area (Å²) in [5, 5.41) is 10.8. The lowest BCUT2D eigenvalue weighted by molar-refractivity contribution is -0.0861. The number of phenols is 1. The molecular weight excluding hydrogens is 312 g/mol. The summed E-state index contributed by atoms with van der Waals surface area (Å²) in [5.74, 6) is 2.00. The van der Waals surface area contributed by atoms with Crippen LogP contribution in [0, 0.1) is 5.92 Å². The van der Waals surface area contributed by atoms with Crippen LogP contribution in [0.4, 0.5) is 0 Å². The first-order valence-corrected chi connectivity index (χ1v) is 9.89. The van der Waals surface area contributed by atoms with E-state index in [0.717, 1.165) is 43.4 Å². The number of methoxy groups -OCH3 is 1. The van der Waals surface area contributed by atoms with Crippen molar-refractivity contribution in [1.29, 1.82) is 0 Å². The van der Waals surface area contributed by atoms with Crippen LogP contribution in [0.25, 0.3) is 0 Å². The van der Waals surface area contributed by atoms with Crippen LogP contribution in [0.3, 0.4) is 0 Å². The summed E-state index contributed by atoms with van der Waals surface area (Å²) in [7, 11) is 1.80. The summed E-state index contributed by atoms with van der Waals surface area (Å²) in [6.45, 7) is 8.78. The molecule has 2 bridgehead atoms. The second-order valence-electron chi connectivity index (χ2n) is 8.80. The van der Waals surface area contributed by atoms with Crippen molar-refractivity contribution >= 4 is 0 Å². The van der Waals surface area contributed by atoms with Gasteiger partial charge in [0.15, 0.2) is 0 Å². The van der Waals surface area contributed by atoms with E-state index in [1.165, 1.54) is 18.4 Å². The lowest BCUT2D eigenvalue weighted by atomic mass is 9.62. The van der Waals surface area contributed by atoms with Crippen LogP contribution in [-0.2, 0) is 11.2 Å². The summed E-state index contributed by atoms with van der Waals surface area (Å²) in [6, 6.07) is 4.14. The Balaban J connectivity index is 1.97. The molecule has 0 amide bonds. The lowest BCUT2D eigenvalue weighted by Gasteiger charge is -2.51. The maximum Gasteiger partial charge on any atom is 0.127 e. The minimum atomic E-state index is -0.202. The average molecular weight is 347 g/mol. The van der Waals surface area contributed by atoms with Crippen molar-refractivity contribution in [2.45, 2.75) is 89.8 Å². The molecule has 0 saturated heterocycles. The highest BCUT2D eigenvalue weighted by atomic mass is 16.5. The van der Waals surface area contributed by atoms with Crippen LogP contribution < -0.4 is 4.74 Å². The van der Waals surface area contributed by atoms with Crippen LogP contribution in [0.2, 0.25) is 0 Å². The van der Waals surface area contributed by atoms with E-state index in [2.05, 4.69) is 33.8 Å². The third kappa shape index (κ3) is 3.53. The maximum absolute atomic E-state index is 10.8. The topological polar surface area (TPSA) is 38.7 Å². The zero-order valence-electron chi connectivity index (χ0n) is 16.5. The van der Waals surface area contributed by atoms with E-state index < -0.39 is 0 Å². The van der Waals surface area contributed by atoms with Crippen LogP contribution in [-0.4, -0.2) is 23.4 Å². The minimum absolute atomic E-state index is 0.119. The van der Waals surface area contributed by atoms with Gasteiger partial charge in [0.2, 0.25) is 0 Å². The molecule has 0 radical (unpaired) electrons. The van der Waals surface area contributed by atoms with Gasteiger partial charge < -0.3 is 14.6 Å². The second-order valence-corrected chi connectivity index (χ2v) is 8.80. The molecule has 3 unspecified atom stereocenters. The van der Waals surface area contributed by atoms with Crippen molar-refractivity contribution in [2.24, 2.45) is 5.92 Å². The van der Waals surface area contributed by atoms with E-state index in [4.69, 9.17) is 9.47 Å². The zero-order valence-corrected chi connectivity index (χ0v) is 16.5. The molecule has 3 rings (SSSR count). The fraction of sp³-hybridized carbons (Fsp3) is 0.727. The summed E-state index contributed by atoms with van der Waals surface area (Å²) >= 11 is 0. The standard InChI is InChI=1S/C22H34O3/c1-6-7-8-9-15-12-18(23)20-16-14-22(4,25-19(20)13-15)11-10-17(16)21(2,3)24-5/h12-13,16-17,23H,6-11,14H2,1-5H3. The molecule has 1 aromatic carbocycles. The number of rotatable bonds is 6. The van der Waals surface area contributed by atoms with E-state index >= 15 is 0 Å². The van der Waals surface area contributed by atoms with Crippen LogP contribution in [0.15, 0.2) is 12.1 Å². The van der Waals surface area contributed by atoms with Crippen molar-refractivity contribution in [2.75, 3.05) is 7.11 Å². The molecule has 25 heavy (non-hydrogen) atoms. The zero-order chi connectivity index (χ0) is 18.2. The highest BCUT2D eigenvalue weighted by Crippen LogP contribution is 2.56. The fourth-order valence-electron chi connectivity index (χ4n) is 4.86. The molecule has 1 heterocycles. The summed E-state index contributed by atoms with van der Waals surface area (Å²) in [5.41, 5.74) is 1.88. The largest absolute Gasteiger partial charge is 0.508 e. The maximum atomic E-state index is 10.8. The Morgan fingerprint density at radius 3 is 2.76 bits per heavy atom. The number of phenolic OH excluding ortho intramolecular Hbond substituents is 1. The Kier molecular flexibility index (Phi) is 5.07. The van der Waals surface area contributed by atoms with Gasteiger partial charge in [-0.05, 0) is 76.5 Å². The Morgan fingerprint density at radius 2 is 2.08 bits per heavy atom. The van der Waals surface area contributed by atoms with Gasteiger partial charge >= 0.3 is 0 Å². The van der Waals surface area contributed by atoms with E-state index in [0.29, 0.717) is 17.6 Å². The molecule has 3 atom stereocenters. The van der Waals surface area contributed by atoms with Crippen molar-refractivity contribution in [3.05, 3.63) is 23.3 Å². The van der Waals surface area contributed by atoms with Gasteiger partial charge in [-0.1, -0.05) is 19.8 Å². The molecule has 1 aliphatic carbocycles. The second kappa shape index (κ2) is 6.83. The minimum Gasteiger partial charge on any atom is -0.508 e. The van der Waals surface area contributed by atoms with Crippen molar-refractivity contribution in [1.82, 2.24) is 0 Å². The Bertz CT molecular complexity index is 622. The van der Waals surface area contributed by atoms with E-state index in [1.54, 1.807) is 7.11 Å². The molecule has 2 aliphatic rings. The normalized spacial score (nSPS) is 28.4. The first-order valence-electron chi connectivity index (χ1n) is 9.89. The van der Waals surface area contributed by atoms with E-state index in [1.807, 2.05) is 6.07 Å². The van der Waals surface area contributed by atoms with Gasteiger partial charge in [0, 0.05) is 18.6 Å². The number of unbranched alkanes of at least 4 members (excludes halogenated alkanes) is 2. The number of benzene rings is 1. The van der Waals surface area contributed by atoms with Gasteiger partial charge in [-0.2, -0.15) is 0 Å². The molecule has 0 spiro atoms. The number of hydrogen-bond acceptors (Lipinski definition) is 3. The predicted octanol–water partition coefficient (Wildman–Crippen LogP) is 5.58. The number of aryl methyl sites for hydroxylation is 1. The third-order valence-electron chi connectivity index (χ3n) is 6.52. The average Bonchev–Trinajstić information content (AvgIpc) is 2.53. The van der Waals surface area contributed by atoms with Crippen LogP contribution >= 0.6 is 0 Å². The number of aromatic hydroxyl groups is 1. The van der Waals surface area contributed by atoms with Crippen LogP contribution in [0.5, 0.6) is 11.5 Å². The van der Waals surface area contributed by atoms with Gasteiger partial charge in [0.1, 0.15) is 17.1 Å². The molecule has 140 valence electrons. The highest BCUT2D eigenvalue weighted by molar-refractivity contribution is 5.52. The van der Waals surface area contributed by atoms with E-state index in [-0.39, 0.29) is 11.2 Å². The molecule has 1 aromatic rings. The summed E-state index contributed by atoms with van der Waals surface area (Å²) < 4.78 is 12.2. The van der Waals surface area contributed by atoms with Crippen LogP contribution in [0.1, 0.15) is 83.3 Å². The molecule has 1 N–H and O–H groups in total. The SMILES string of the molecule is CCCCCc1cc(O)c2c(c1)OC1(C)CCC(C(C)(C)OC)C2C1. The molecule has 3 heteroatoms. The fourth-order valence-corrected chi connectivity index (χ4v) is 4.86. The molecule has 1 fully saturated rings. The van der Waals surface area contributed by atoms with Crippen molar-refractivity contribution in [3.63, 3.8) is 0 Å². The lowest BCUT2D eigenvalue weighted by Crippen LogP contribution is -2.49. The highest BCUT2D eigenvalue weighted by Gasteiger charge is 2.50. The first-order chi connectivity index (χ1) is 11.8. The number of ether oxygens (including phenoxy) is 2. The van der Waals surface area contributed by atoms with Gasteiger partial charge in [-0.3, -0.25) is 0 Å². The first kappa shape index (κ1) is 18.6. The Hall–Kier alpha value is -1.22. The van der Waals surface area contributed by atoms with Gasteiger partial charge in [-0.15, -0.1) is 0 Å². The third-order valence-corrected chi connectivity index (χ3v) is 6.52. The monoisotopic (exact) mass is 346 g/mol. The Labute approximate surface area is 152 Å². The van der Waals surface area contributed by atoms with Crippen molar-refractivity contribution < 1.29 is 14.6 Å². The van der Waals surface area contributed by atoms with Gasteiger partial charge in [0.05, 0.1) is 5.60 Å². The molecule has 1 aliphatic heterocycles. The molecule has 3 nitrogen and oxygen atoms in total. The number of hydrogen-bond donors (Lipinski definition) is 1. The molecular formula is C22H34O3. The Morgan fingerprint density at radius 1 is 1.32 bits per heavy atom. The molecule has 0 aromatic heterocycles. The quantitative estimate of drug-likeness (QED) is 0.683. The molecule has 1 saturated carbocycles. The predicted molar refractivity (Wildman–Crippen MR) is 102 cm³/mol. The van der Waals surface area contributed by atoms with E-state index in [9.17, 15) is 5.11 Å². The number of fused-ring (bicyclic) bond motifs is 4. The smallest absolute Gasteiger partial charge is 0.127 e. The summed E-state index contributed by atoms with van der Waals surface area (Å²) in [4.78, 5) is 0.